The first kappa shape index (κ1) is 22.7. The zero-order valence-corrected chi connectivity index (χ0v) is 17.9. The Kier molecular flexibility index (Phi) is 7.85. The van der Waals surface area contributed by atoms with Gasteiger partial charge in [0.15, 0.2) is 0 Å². The van der Waals surface area contributed by atoms with Gasteiger partial charge in [0.2, 0.25) is 10.0 Å². The highest BCUT2D eigenvalue weighted by Gasteiger charge is 2.32. The van der Waals surface area contributed by atoms with Gasteiger partial charge in [0.25, 0.3) is 5.91 Å². The van der Waals surface area contributed by atoms with Crippen LogP contribution in [0.5, 0.6) is 0 Å². The summed E-state index contributed by atoms with van der Waals surface area (Å²) in [4.78, 5) is 12.4. The zero-order valence-electron chi connectivity index (χ0n) is 16.3. The van der Waals surface area contributed by atoms with Crippen molar-refractivity contribution in [2.24, 2.45) is 0 Å². The second-order valence-corrected chi connectivity index (χ2v) is 9.26. The van der Waals surface area contributed by atoms with Gasteiger partial charge in [-0.15, -0.1) is 0 Å². The molecule has 3 atom stereocenters. The molecule has 0 aliphatic carbocycles. The Morgan fingerprint density at radius 2 is 1.80 bits per heavy atom. The number of carbonyl (C=O) groups excluding carboxylic acids is 1. The molecule has 2 aromatic carbocycles. The van der Waals surface area contributed by atoms with Crippen LogP contribution >= 0.6 is 11.6 Å². The number of ether oxygens (including phenoxy) is 1. The lowest BCUT2D eigenvalue weighted by Gasteiger charge is -2.36. The van der Waals surface area contributed by atoms with Gasteiger partial charge in [0, 0.05) is 12.1 Å². The number of benzene rings is 2. The van der Waals surface area contributed by atoms with Crippen LogP contribution in [0.25, 0.3) is 0 Å². The number of amides is 1. The normalized spacial score (nSPS) is 21.9. The fourth-order valence-corrected chi connectivity index (χ4v) is 5.01. The van der Waals surface area contributed by atoms with E-state index in [2.05, 4.69) is 10.0 Å². The third-order valence-corrected chi connectivity index (χ3v) is 6.99. The molecule has 1 aliphatic rings. The molecule has 0 spiro atoms. The van der Waals surface area contributed by atoms with Crippen LogP contribution in [-0.2, 0) is 14.8 Å². The molecular formula is C21H25ClN2O5S. The first-order chi connectivity index (χ1) is 14.4. The van der Waals surface area contributed by atoms with Gasteiger partial charge < -0.3 is 15.2 Å². The molecule has 1 fully saturated rings. The third-order valence-electron chi connectivity index (χ3n) is 5.03. The van der Waals surface area contributed by atoms with Crippen molar-refractivity contribution < 1.29 is 23.1 Å². The van der Waals surface area contributed by atoms with Crippen LogP contribution in [0.15, 0.2) is 59.5 Å². The van der Waals surface area contributed by atoms with E-state index in [1.54, 1.807) is 36.4 Å². The highest BCUT2D eigenvalue weighted by molar-refractivity contribution is 7.89. The molecular weight excluding hydrogens is 428 g/mol. The molecule has 3 N–H and O–H groups in total. The van der Waals surface area contributed by atoms with Crippen LogP contribution in [0.1, 0.15) is 29.6 Å². The number of nitrogens with one attached hydrogen (secondary N) is 2. The predicted octanol–water partition coefficient (Wildman–Crippen LogP) is 2.35. The van der Waals surface area contributed by atoms with Gasteiger partial charge in [-0.3, -0.25) is 4.79 Å². The van der Waals surface area contributed by atoms with Gasteiger partial charge >= 0.3 is 0 Å². The summed E-state index contributed by atoms with van der Waals surface area (Å²) in [6.45, 7) is -0.0565. The highest BCUT2D eigenvalue weighted by Crippen LogP contribution is 2.23. The molecule has 1 heterocycles. The average Bonchev–Trinajstić information content (AvgIpc) is 2.75. The number of rotatable bonds is 8. The molecule has 0 bridgehead atoms. The molecule has 162 valence electrons. The standard InChI is InChI=1S/C21H25ClN2O5S/c22-17-8-4-5-9-20(17)30(27,28)23-13-12-16-10-11-18(19(14-25)29-16)24-21(26)15-6-2-1-3-7-15/h1-9,16,18-19,23,25H,10-14H2,(H,24,26)/t16-,18+,19-/m1/s1. The summed E-state index contributed by atoms with van der Waals surface area (Å²) in [5, 5.41) is 12.8. The average molecular weight is 453 g/mol. The minimum absolute atomic E-state index is 0.0353. The highest BCUT2D eigenvalue weighted by atomic mass is 35.5. The number of aliphatic hydroxyl groups excluding tert-OH is 1. The number of hydrogen-bond donors (Lipinski definition) is 3. The fraction of sp³-hybridized carbons (Fsp3) is 0.381. The molecule has 1 aliphatic heterocycles. The molecule has 0 saturated carbocycles. The Morgan fingerprint density at radius 1 is 1.10 bits per heavy atom. The lowest BCUT2D eigenvalue weighted by atomic mass is 9.97. The van der Waals surface area contributed by atoms with Crippen LogP contribution in [0.3, 0.4) is 0 Å². The number of hydrogen-bond acceptors (Lipinski definition) is 5. The van der Waals surface area contributed by atoms with E-state index >= 15 is 0 Å². The van der Waals surface area contributed by atoms with Crippen LogP contribution in [0.4, 0.5) is 0 Å². The molecule has 0 radical (unpaired) electrons. The summed E-state index contributed by atoms with van der Waals surface area (Å²) in [5.41, 5.74) is 0.547. The summed E-state index contributed by atoms with van der Waals surface area (Å²) < 4.78 is 33.2. The zero-order chi connectivity index (χ0) is 21.6. The van der Waals surface area contributed by atoms with Gasteiger partial charge in [0.1, 0.15) is 11.0 Å². The maximum Gasteiger partial charge on any atom is 0.251 e. The SMILES string of the molecule is O=C(N[C@H]1CC[C@H](CCNS(=O)(=O)c2ccccc2Cl)O[C@@H]1CO)c1ccccc1. The van der Waals surface area contributed by atoms with E-state index in [-0.39, 0.29) is 41.1 Å². The van der Waals surface area contributed by atoms with Crippen molar-refractivity contribution in [3.05, 3.63) is 65.2 Å². The van der Waals surface area contributed by atoms with E-state index in [0.717, 1.165) is 0 Å². The van der Waals surface area contributed by atoms with Crippen LogP contribution in [-0.4, -0.2) is 50.8 Å². The van der Waals surface area contributed by atoms with Gasteiger partial charge in [-0.05, 0) is 43.5 Å². The van der Waals surface area contributed by atoms with Crippen LogP contribution < -0.4 is 10.0 Å². The number of aliphatic hydroxyl groups is 1. The number of carbonyl (C=O) groups is 1. The first-order valence-electron chi connectivity index (χ1n) is 9.77. The second kappa shape index (κ2) is 10.4. The predicted molar refractivity (Wildman–Crippen MR) is 114 cm³/mol. The fourth-order valence-electron chi connectivity index (χ4n) is 3.45. The van der Waals surface area contributed by atoms with Gasteiger partial charge in [-0.25, -0.2) is 13.1 Å². The van der Waals surface area contributed by atoms with Crippen LogP contribution in [0.2, 0.25) is 5.02 Å². The number of sulfonamides is 1. The van der Waals surface area contributed by atoms with Crippen molar-refractivity contribution in [2.75, 3.05) is 13.2 Å². The van der Waals surface area contributed by atoms with Crippen molar-refractivity contribution in [1.29, 1.82) is 0 Å². The van der Waals surface area contributed by atoms with E-state index in [9.17, 15) is 18.3 Å². The Morgan fingerprint density at radius 3 is 2.50 bits per heavy atom. The quantitative estimate of drug-likeness (QED) is 0.570. The van der Waals surface area contributed by atoms with E-state index in [1.807, 2.05) is 6.07 Å². The van der Waals surface area contributed by atoms with Gasteiger partial charge in [-0.2, -0.15) is 0 Å². The summed E-state index contributed by atoms with van der Waals surface area (Å²) in [6.07, 6.45) is 0.951. The maximum atomic E-state index is 12.4. The second-order valence-electron chi connectivity index (χ2n) is 7.12. The molecule has 1 saturated heterocycles. The molecule has 3 rings (SSSR count). The van der Waals surface area contributed by atoms with Gasteiger partial charge in [-0.1, -0.05) is 41.9 Å². The minimum Gasteiger partial charge on any atom is -0.394 e. The van der Waals surface area contributed by atoms with E-state index in [4.69, 9.17) is 16.3 Å². The smallest absolute Gasteiger partial charge is 0.251 e. The van der Waals surface area contributed by atoms with Crippen molar-refractivity contribution in [3.63, 3.8) is 0 Å². The molecule has 0 unspecified atom stereocenters. The van der Waals surface area contributed by atoms with Crippen molar-refractivity contribution in [2.45, 2.75) is 42.4 Å². The van der Waals surface area contributed by atoms with Crippen molar-refractivity contribution in [3.8, 4) is 0 Å². The van der Waals surface area contributed by atoms with E-state index in [0.29, 0.717) is 24.8 Å². The van der Waals surface area contributed by atoms with Gasteiger partial charge in [0.05, 0.1) is 23.8 Å². The first-order valence-corrected chi connectivity index (χ1v) is 11.6. The lowest BCUT2D eigenvalue weighted by Crippen LogP contribution is -2.51. The summed E-state index contributed by atoms with van der Waals surface area (Å²) in [7, 11) is -3.71. The Balaban J connectivity index is 1.50. The Labute approximate surface area is 181 Å². The van der Waals surface area contributed by atoms with Crippen LogP contribution in [0, 0.1) is 0 Å². The number of halogens is 1. The molecule has 2 aromatic rings. The third kappa shape index (κ3) is 5.80. The molecule has 0 aromatic heterocycles. The molecule has 9 heteroatoms. The topological polar surface area (TPSA) is 105 Å². The molecule has 30 heavy (non-hydrogen) atoms. The van der Waals surface area contributed by atoms with Crippen molar-refractivity contribution >= 4 is 27.5 Å². The van der Waals surface area contributed by atoms with Crippen molar-refractivity contribution in [1.82, 2.24) is 10.0 Å². The minimum atomic E-state index is -3.71. The summed E-state index contributed by atoms with van der Waals surface area (Å²) in [5.74, 6) is -0.214. The molecule has 7 nitrogen and oxygen atoms in total. The maximum absolute atomic E-state index is 12.4. The summed E-state index contributed by atoms with van der Waals surface area (Å²) >= 11 is 5.97. The largest absolute Gasteiger partial charge is 0.394 e. The Bertz CT molecular complexity index is 955. The lowest BCUT2D eigenvalue weighted by molar-refractivity contribution is -0.0891. The molecule has 1 amide bonds. The Hall–Kier alpha value is -1.97. The summed E-state index contributed by atoms with van der Waals surface area (Å²) in [6, 6.07) is 14.8. The van der Waals surface area contributed by atoms with E-state index in [1.165, 1.54) is 12.1 Å². The monoisotopic (exact) mass is 452 g/mol. The van der Waals surface area contributed by atoms with E-state index < -0.39 is 16.1 Å².